The smallest absolute Gasteiger partial charge is 0.251 e. The van der Waals surface area contributed by atoms with Crippen LogP contribution in [0.2, 0.25) is 0 Å². The summed E-state index contributed by atoms with van der Waals surface area (Å²) >= 11 is 0. The number of rotatable bonds is 8. The van der Waals surface area contributed by atoms with E-state index in [-0.39, 0.29) is 16.8 Å². The number of nitrogens with zero attached hydrogens (tertiary/aromatic N) is 2. The van der Waals surface area contributed by atoms with Gasteiger partial charge in [0.05, 0.1) is 11.2 Å². The monoisotopic (exact) mass is 350 g/mol. The van der Waals surface area contributed by atoms with Gasteiger partial charge in [-0.2, -0.15) is 0 Å². The fraction of sp³-hybridized carbons (Fsp3) is 0.375. The van der Waals surface area contributed by atoms with Crippen molar-refractivity contribution in [3.63, 3.8) is 0 Å². The highest BCUT2D eigenvalue weighted by atomic mass is 32.2. The number of carbonyl (C=O) groups excluding carboxylic acids is 1. The standard InChI is InChI=1S/C16H22N4O3S/c1-13(2)19-24(22,23)15-6-4-14(5-7-15)16(21)18-8-3-10-20-11-9-17-12-20/h4-7,9,11-13,19H,3,8,10H2,1-2H3,(H,18,21). The molecule has 8 heteroatoms. The molecule has 2 N–H and O–H groups in total. The Morgan fingerprint density at radius 3 is 2.54 bits per heavy atom. The first-order valence-electron chi connectivity index (χ1n) is 7.75. The van der Waals surface area contributed by atoms with Gasteiger partial charge in [-0.1, -0.05) is 0 Å². The Morgan fingerprint density at radius 1 is 1.25 bits per heavy atom. The lowest BCUT2D eigenvalue weighted by atomic mass is 10.2. The lowest BCUT2D eigenvalue weighted by molar-refractivity contribution is 0.0952. The van der Waals surface area contributed by atoms with Crippen LogP contribution in [-0.2, 0) is 16.6 Å². The molecule has 0 aliphatic carbocycles. The molecule has 0 unspecified atom stereocenters. The Kier molecular flexibility index (Phi) is 6.10. The fourth-order valence-electron chi connectivity index (χ4n) is 2.15. The van der Waals surface area contributed by atoms with E-state index in [1.807, 2.05) is 10.8 Å². The average molecular weight is 350 g/mol. The van der Waals surface area contributed by atoms with Crippen LogP contribution >= 0.6 is 0 Å². The van der Waals surface area contributed by atoms with Crippen LogP contribution in [0, 0.1) is 0 Å². The predicted molar refractivity (Wildman–Crippen MR) is 91.1 cm³/mol. The van der Waals surface area contributed by atoms with Crippen LogP contribution in [0.4, 0.5) is 0 Å². The van der Waals surface area contributed by atoms with Crippen molar-refractivity contribution in [1.29, 1.82) is 0 Å². The topological polar surface area (TPSA) is 93.1 Å². The van der Waals surface area contributed by atoms with Gasteiger partial charge in [0.15, 0.2) is 0 Å². The van der Waals surface area contributed by atoms with E-state index in [0.717, 1.165) is 13.0 Å². The summed E-state index contributed by atoms with van der Waals surface area (Å²) in [5.41, 5.74) is 0.432. The maximum absolute atomic E-state index is 12.0. The fourth-order valence-corrected chi connectivity index (χ4v) is 3.40. The average Bonchev–Trinajstić information content (AvgIpc) is 3.03. The van der Waals surface area contributed by atoms with Crippen LogP contribution in [0.25, 0.3) is 0 Å². The number of carbonyl (C=O) groups is 1. The first-order valence-corrected chi connectivity index (χ1v) is 9.23. The minimum Gasteiger partial charge on any atom is -0.352 e. The molecule has 0 aliphatic heterocycles. The van der Waals surface area contributed by atoms with E-state index < -0.39 is 10.0 Å². The molecular weight excluding hydrogens is 328 g/mol. The number of hydrogen-bond donors (Lipinski definition) is 2. The summed E-state index contributed by atoms with van der Waals surface area (Å²) in [6.45, 7) is 4.82. The summed E-state index contributed by atoms with van der Waals surface area (Å²) < 4.78 is 28.5. The van der Waals surface area contributed by atoms with Crippen molar-refractivity contribution in [2.45, 2.75) is 37.8 Å². The molecule has 24 heavy (non-hydrogen) atoms. The van der Waals surface area contributed by atoms with Gasteiger partial charge in [0.1, 0.15) is 0 Å². The summed E-state index contributed by atoms with van der Waals surface area (Å²) in [6.07, 6.45) is 6.09. The van der Waals surface area contributed by atoms with Crippen LogP contribution in [0.1, 0.15) is 30.6 Å². The third-order valence-electron chi connectivity index (χ3n) is 3.26. The van der Waals surface area contributed by atoms with Gasteiger partial charge in [0.2, 0.25) is 10.0 Å². The van der Waals surface area contributed by atoms with Crippen molar-refractivity contribution in [1.82, 2.24) is 19.6 Å². The normalized spacial score (nSPS) is 11.6. The highest BCUT2D eigenvalue weighted by Gasteiger charge is 2.15. The zero-order valence-corrected chi connectivity index (χ0v) is 14.6. The Balaban J connectivity index is 1.86. The number of amides is 1. The van der Waals surface area contributed by atoms with Crippen LogP contribution in [0.15, 0.2) is 47.9 Å². The van der Waals surface area contributed by atoms with E-state index in [1.54, 1.807) is 26.4 Å². The molecule has 7 nitrogen and oxygen atoms in total. The molecular formula is C16H22N4O3S. The molecule has 0 saturated heterocycles. The third kappa shape index (κ3) is 5.17. The van der Waals surface area contributed by atoms with Crippen molar-refractivity contribution in [2.75, 3.05) is 6.54 Å². The van der Waals surface area contributed by atoms with Crippen molar-refractivity contribution in [3.8, 4) is 0 Å². The summed E-state index contributed by atoms with van der Waals surface area (Å²) in [6, 6.07) is 5.71. The first kappa shape index (κ1) is 18.2. The molecule has 0 radical (unpaired) electrons. The molecule has 0 fully saturated rings. The van der Waals surface area contributed by atoms with E-state index in [0.29, 0.717) is 12.1 Å². The van der Waals surface area contributed by atoms with Crippen LogP contribution < -0.4 is 10.0 Å². The van der Waals surface area contributed by atoms with Gasteiger partial charge < -0.3 is 9.88 Å². The highest BCUT2D eigenvalue weighted by molar-refractivity contribution is 7.89. The molecule has 1 heterocycles. The molecule has 1 aromatic carbocycles. The van der Waals surface area contributed by atoms with E-state index in [2.05, 4.69) is 15.0 Å². The van der Waals surface area contributed by atoms with Gasteiger partial charge in [-0.3, -0.25) is 4.79 Å². The molecule has 0 saturated carbocycles. The number of aromatic nitrogens is 2. The number of nitrogens with one attached hydrogen (secondary N) is 2. The molecule has 0 atom stereocenters. The molecule has 1 aromatic heterocycles. The van der Waals surface area contributed by atoms with Crippen LogP contribution in [0.5, 0.6) is 0 Å². The second-order valence-corrected chi connectivity index (χ2v) is 7.42. The zero-order chi connectivity index (χ0) is 17.6. The van der Waals surface area contributed by atoms with Gasteiger partial charge >= 0.3 is 0 Å². The number of imidazole rings is 1. The van der Waals surface area contributed by atoms with E-state index in [9.17, 15) is 13.2 Å². The molecule has 0 bridgehead atoms. The molecule has 130 valence electrons. The van der Waals surface area contributed by atoms with E-state index in [1.165, 1.54) is 24.3 Å². The Bertz CT molecular complexity index is 753. The lowest BCUT2D eigenvalue weighted by Crippen LogP contribution is -2.30. The quantitative estimate of drug-likeness (QED) is 0.704. The highest BCUT2D eigenvalue weighted by Crippen LogP contribution is 2.11. The summed E-state index contributed by atoms with van der Waals surface area (Å²) in [4.78, 5) is 16.1. The summed E-state index contributed by atoms with van der Waals surface area (Å²) in [5.74, 6) is -0.221. The second kappa shape index (κ2) is 8.07. The number of aryl methyl sites for hydroxylation is 1. The predicted octanol–water partition coefficient (Wildman–Crippen LogP) is 1.39. The Morgan fingerprint density at radius 2 is 1.96 bits per heavy atom. The molecule has 0 spiro atoms. The minimum absolute atomic E-state index is 0.146. The number of hydrogen-bond acceptors (Lipinski definition) is 4. The van der Waals surface area contributed by atoms with Crippen molar-refractivity contribution in [2.24, 2.45) is 0 Å². The molecule has 2 aromatic rings. The van der Waals surface area contributed by atoms with Gasteiger partial charge in [-0.15, -0.1) is 0 Å². The van der Waals surface area contributed by atoms with E-state index in [4.69, 9.17) is 0 Å². The van der Waals surface area contributed by atoms with Gasteiger partial charge in [0.25, 0.3) is 5.91 Å². The van der Waals surface area contributed by atoms with Gasteiger partial charge in [0, 0.05) is 37.1 Å². The van der Waals surface area contributed by atoms with E-state index >= 15 is 0 Å². The largest absolute Gasteiger partial charge is 0.352 e. The molecule has 2 rings (SSSR count). The maximum atomic E-state index is 12.0. The molecule has 0 aliphatic rings. The van der Waals surface area contributed by atoms with Gasteiger partial charge in [-0.25, -0.2) is 18.1 Å². The summed E-state index contributed by atoms with van der Waals surface area (Å²) in [7, 11) is -3.54. The summed E-state index contributed by atoms with van der Waals surface area (Å²) in [5, 5.41) is 2.81. The van der Waals surface area contributed by atoms with Crippen molar-refractivity contribution in [3.05, 3.63) is 48.5 Å². The maximum Gasteiger partial charge on any atom is 0.251 e. The number of benzene rings is 1. The Hall–Kier alpha value is -2.19. The minimum atomic E-state index is -3.54. The SMILES string of the molecule is CC(C)NS(=O)(=O)c1ccc(C(=O)NCCCn2ccnc2)cc1. The van der Waals surface area contributed by atoms with Crippen molar-refractivity contribution < 1.29 is 13.2 Å². The lowest BCUT2D eigenvalue weighted by Gasteiger charge is -2.10. The van der Waals surface area contributed by atoms with Crippen LogP contribution in [0.3, 0.4) is 0 Å². The van der Waals surface area contributed by atoms with Crippen LogP contribution in [-0.4, -0.2) is 36.5 Å². The van der Waals surface area contributed by atoms with Crippen molar-refractivity contribution >= 4 is 15.9 Å². The second-order valence-electron chi connectivity index (χ2n) is 5.71. The number of sulfonamides is 1. The third-order valence-corrected chi connectivity index (χ3v) is 4.93. The first-order chi connectivity index (χ1) is 11.4. The zero-order valence-electron chi connectivity index (χ0n) is 13.8. The molecule has 1 amide bonds. The van der Waals surface area contributed by atoms with Gasteiger partial charge in [-0.05, 0) is 44.5 Å². The Labute approximate surface area is 142 Å².